The average molecular weight is 334 g/mol. The number of esters is 1. The zero-order valence-electron chi connectivity index (χ0n) is 13.7. The van der Waals surface area contributed by atoms with Crippen LogP contribution in [0, 0.1) is 0 Å². The number of methoxy groups -OCH3 is 1. The molecule has 0 saturated carbocycles. The molecule has 24 heavy (non-hydrogen) atoms. The number of nitrogens with one attached hydrogen (secondary N) is 1. The Morgan fingerprint density at radius 1 is 1.17 bits per heavy atom. The van der Waals surface area contributed by atoms with Crippen LogP contribution in [0.1, 0.15) is 29.6 Å². The van der Waals surface area contributed by atoms with Crippen LogP contribution in [0.5, 0.6) is 5.75 Å². The Morgan fingerprint density at radius 3 is 2.62 bits per heavy atom. The van der Waals surface area contributed by atoms with Crippen molar-refractivity contribution in [2.45, 2.75) is 19.3 Å². The zero-order chi connectivity index (χ0) is 17.4. The first-order valence-electron chi connectivity index (χ1n) is 7.96. The average Bonchev–Trinajstić information content (AvgIpc) is 2.64. The fourth-order valence-corrected chi connectivity index (χ4v) is 2.45. The topological polar surface area (TPSA) is 84.9 Å². The third kappa shape index (κ3) is 5.26. The van der Waals surface area contributed by atoms with Gasteiger partial charge in [-0.15, -0.1) is 0 Å². The lowest BCUT2D eigenvalue weighted by molar-refractivity contribution is -0.151. The predicted octanol–water partition coefficient (Wildman–Crippen LogP) is 0.981. The molecule has 7 nitrogen and oxygen atoms in total. The van der Waals surface area contributed by atoms with Crippen molar-refractivity contribution in [2.75, 3.05) is 33.4 Å². The Labute approximate surface area is 140 Å². The van der Waals surface area contributed by atoms with Crippen molar-refractivity contribution in [3.05, 3.63) is 29.8 Å². The number of likely N-dealkylation sites (tertiary alicyclic amines) is 1. The molecule has 7 heteroatoms. The van der Waals surface area contributed by atoms with Crippen molar-refractivity contribution in [2.24, 2.45) is 0 Å². The molecule has 1 aromatic carbocycles. The van der Waals surface area contributed by atoms with Gasteiger partial charge in [0, 0.05) is 18.7 Å². The molecule has 1 aliphatic heterocycles. The summed E-state index contributed by atoms with van der Waals surface area (Å²) in [5, 5.41) is 2.46. The molecule has 1 fully saturated rings. The van der Waals surface area contributed by atoms with Crippen LogP contribution >= 0.6 is 0 Å². The Bertz CT molecular complexity index is 596. The van der Waals surface area contributed by atoms with E-state index in [0.29, 0.717) is 24.4 Å². The standard InChI is InChI=1S/C17H22N2O5/c1-23-14-7-5-6-13(10-14)17(22)18-11-16(21)24-12-15(20)19-8-3-2-4-9-19/h5-7,10H,2-4,8-9,11-12H2,1H3,(H,18,22). The third-order valence-electron chi connectivity index (χ3n) is 3.79. The van der Waals surface area contributed by atoms with E-state index in [0.717, 1.165) is 19.3 Å². The maximum atomic E-state index is 12.0. The highest BCUT2D eigenvalue weighted by Crippen LogP contribution is 2.12. The summed E-state index contributed by atoms with van der Waals surface area (Å²) in [7, 11) is 1.51. The lowest BCUT2D eigenvalue weighted by Gasteiger charge is -2.26. The van der Waals surface area contributed by atoms with E-state index in [9.17, 15) is 14.4 Å². The van der Waals surface area contributed by atoms with Crippen LogP contribution < -0.4 is 10.1 Å². The number of ether oxygens (including phenoxy) is 2. The van der Waals surface area contributed by atoms with Crippen LogP contribution in [0.25, 0.3) is 0 Å². The molecule has 1 heterocycles. The zero-order valence-corrected chi connectivity index (χ0v) is 13.7. The monoisotopic (exact) mass is 334 g/mol. The molecule has 0 aromatic heterocycles. The summed E-state index contributed by atoms with van der Waals surface area (Å²) in [5.41, 5.74) is 0.381. The SMILES string of the molecule is COc1cccc(C(=O)NCC(=O)OCC(=O)N2CCCCC2)c1. The summed E-state index contributed by atoms with van der Waals surface area (Å²) in [4.78, 5) is 37.2. The Kier molecular flexibility index (Phi) is 6.60. The van der Waals surface area contributed by atoms with Crippen LogP contribution in [0.3, 0.4) is 0 Å². The number of benzene rings is 1. The van der Waals surface area contributed by atoms with Gasteiger partial charge in [-0.3, -0.25) is 14.4 Å². The molecule has 1 aromatic rings. The molecule has 2 amide bonds. The molecule has 1 saturated heterocycles. The minimum Gasteiger partial charge on any atom is -0.497 e. The second-order valence-corrected chi connectivity index (χ2v) is 5.52. The van der Waals surface area contributed by atoms with Gasteiger partial charge in [0.05, 0.1) is 7.11 Å². The summed E-state index contributed by atoms with van der Waals surface area (Å²) >= 11 is 0. The largest absolute Gasteiger partial charge is 0.497 e. The first-order valence-corrected chi connectivity index (χ1v) is 7.96. The van der Waals surface area contributed by atoms with Crippen LogP contribution in [0.2, 0.25) is 0 Å². The number of hydrogen-bond acceptors (Lipinski definition) is 5. The number of carbonyl (C=O) groups excluding carboxylic acids is 3. The van der Waals surface area contributed by atoms with E-state index in [-0.39, 0.29) is 19.1 Å². The first kappa shape index (κ1) is 17.8. The predicted molar refractivity (Wildman–Crippen MR) is 86.7 cm³/mol. The van der Waals surface area contributed by atoms with Gasteiger partial charge < -0.3 is 19.7 Å². The van der Waals surface area contributed by atoms with Crippen molar-refractivity contribution in [3.63, 3.8) is 0 Å². The summed E-state index contributed by atoms with van der Waals surface area (Å²) in [6.07, 6.45) is 3.09. The van der Waals surface area contributed by atoms with Gasteiger partial charge in [-0.2, -0.15) is 0 Å². The van der Waals surface area contributed by atoms with E-state index in [4.69, 9.17) is 9.47 Å². The van der Waals surface area contributed by atoms with Crippen LogP contribution in [-0.4, -0.2) is 56.0 Å². The molecular weight excluding hydrogens is 312 g/mol. The smallest absolute Gasteiger partial charge is 0.325 e. The minimum atomic E-state index is -0.642. The number of piperidine rings is 1. The maximum Gasteiger partial charge on any atom is 0.325 e. The van der Waals surface area contributed by atoms with Crippen LogP contribution in [0.4, 0.5) is 0 Å². The summed E-state index contributed by atoms with van der Waals surface area (Å²) in [5.74, 6) is -0.690. The first-order chi connectivity index (χ1) is 11.6. The maximum absolute atomic E-state index is 12.0. The molecule has 130 valence electrons. The minimum absolute atomic E-state index is 0.192. The van der Waals surface area contributed by atoms with Crippen LogP contribution in [-0.2, 0) is 14.3 Å². The Balaban J connectivity index is 1.72. The lowest BCUT2D eigenvalue weighted by atomic mass is 10.1. The molecule has 1 aliphatic rings. The van der Waals surface area contributed by atoms with Crippen molar-refractivity contribution >= 4 is 17.8 Å². The van der Waals surface area contributed by atoms with Crippen molar-refractivity contribution in [1.82, 2.24) is 10.2 Å². The second-order valence-electron chi connectivity index (χ2n) is 5.52. The highest BCUT2D eigenvalue weighted by molar-refractivity contribution is 5.96. The van der Waals surface area contributed by atoms with Gasteiger partial charge in [0.2, 0.25) is 0 Å². The van der Waals surface area contributed by atoms with Crippen molar-refractivity contribution in [1.29, 1.82) is 0 Å². The number of rotatable bonds is 6. The van der Waals surface area contributed by atoms with E-state index >= 15 is 0 Å². The van der Waals surface area contributed by atoms with E-state index in [1.807, 2.05) is 0 Å². The van der Waals surface area contributed by atoms with E-state index in [1.165, 1.54) is 7.11 Å². The van der Waals surface area contributed by atoms with Gasteiger partial charge in [-0.25, -0.2) is 0 Å². The normalized spacial score (nSPS) is 14.0. The quantitative estimate of drug-likeness (QED) is 0.784. The molecule has 0 spiro atoms. The molecule has 1 N–H and O–H groups in total. The molecule has 0 aliphatic carbocycles. The lowest BCUT2D eigenvalue weighted by Crippen LogP contribution is -2.39. The number of nitrogens with zero attached hydrogens (tertiary/aromatic N) is 1. The summed E-state index contributed by atoms with van der Waals surface area (Å²) < 4.78 is 9.96. The van der Waals surface area contributed by atoms with Gasteiger partial charge in [0.25, 0.3) is 11.8 Å². The molecule has 0 bridgehead atoms. The summed E-state index contributed by atoms with van der Waals surface area (Å²) in [6, 6.07) is 6.59. The summed E-state index contributed by atoms with van der Waals surface area (Å²) in [6.45, 7) is 0.850. The Morgan fingerprint density at radius 2 is 1.92 bits per heavy atom. The van der Waals surface area contributed by atoms with Gasteiger partial charge in [-0.1, -0.05) is 6.07 Å². The highest BCUT2D eigenvalue weighted by atomic mass is 16.5. The highest BCUT2D eigenvalue weighted by Gasteiger charge is 2.18. The Hall–Kier alpha value is -2.57. The number of amides is 2. The van der Waals surface area contributed by atoms with Gasteiger partial charge >= 0.3 is 5.97 Å². The molecule has 2 rings (SSSR count). The fraction of sp³-hybridized carbons (Fsp3) is 0.471. The van der Waals surface area contributed by atoms with Crippen LogP contribution in [0.15, 0.2) is 24.3 Å². The van der Waals surface area contributed by atoms with Crippen molar-refractivity contribution < 1.29 is 23.9 Å². The third-order valence-corrected chi connectivity index (χ3v) is 3.79. The van der Waals surface area contributed by atoms with Gasteiger partial charge in [0.15, 0.2) is 6.61 Å². The van der Waals surface area contributed by atoms with Crippen molar-refractivity contribution in [3.8, 4) is 5.75 Å². The molecule has 0 unspecified atom stereocenters. The molecule has 0 atom stereocenters. The van der Waals surface area contributed by atoms with Gasteiger partial charge in [0.1, 0.15) is 12.3 Å². The molecular formula is C17H22N2O5. The second kappa shape index (κ2) is 8.90. The van der Waals surface area contributed by atoms with E-state index in [1.54, 1.807) is 29.2 Å². The fourth-order valence-electron chi connectivity index (χ4n) is 2.45. The number of carbonyl (C=O) groups is 3. The van der Waals surface area contributed by atoms with E-state index in [2.05, 4.69) is 5.32 Å². The van der Waals surface area contributed by atoms with E-state index < -0.39 is 11.9 Å². The van der Waals surface area contributed by atoms with Gasteiger partial charge in [-0.05, 0) is 37.5 Å². The number of hydrogen-bond donors (Lipinski definition) is 1. The molecule has 0 radical (unpaired) electrons.